The summed E-state index contributed by atoms with van der Waals surface area (Å²) in [6, 6.07) is 0. The number of ether oxygens (including phenoxy) is 2. The molecule has 33 heavy (non-hydrogen) atoms. The van der Waals surface area contributed by atoms with Gasteiger partial charge in [0.2, 0.25) is 15.9 Å². The molecule has 182 valence electrons. The van der Waals surface area contributed by atoms with Gasteiger partial charge in [0.05, 0.1) is 31.8 Å². The first-order chi connectivity index (χ1) is 15.7. The molecule has 0 spiro atoms. The Hall–Kier alpha value is -2.67. The summed E-state index contributed by atoms with van der Waals surface area (Å²) in [5, 5.41) is 12.6. The van der Waals surface area contributed by atoms with Gasteiger partial charge in [-0.15, -0.1) is 0 Å². The molecule has 4 rings (SSSR count). The van der Waals surface area contributed by atoms with Crippen LogP contribution >= 0.6 is 0 Å². The van der Waals surface area contributed by atoms with Crippen molar-refractivity contribution in [3.63, 3.8) is 0 Å². The Balaban J connectivity index is 1.24. The van der Waals surface area contributed by atoms with Crippen LogP contribution in [0.2, 0.25) is 0 Å². The predicted molar refractivity (Wildman–Crippen MR) is 119 cm³/mol. The van der Waals surface area contributed by atoms with E-state index >= 15 is 0 Å². The third-order valence-electron chi connectivity index (χ3n) is 6.31. The lowest BCUT2D eigenvalue weighted by atomic mass is 9.98. The summed E-state index contributed by atoms with van der Waals surface area (Å²) in [5.41, 5.74) is -0.257. The van der Waals surface area contributed by atoms with Crippen molar-refractivity contribution in [2.45, 2.75) is 38.2 Å². The normalized spacial score (nSPS) is 22.9. The molecule has 12 nitrogen and oxygen atoms in total. The molecule has 1 aromatic heterocycles. The van der Waals surface area contributed by atoms with Crippen molar-refractivity contribution in [1.29, 1.82) is 0 Å². The van der Waals surface area contributed by atoms with Crippen LogP contribution in [-0.4, -0.2) is 95.9 Å². The number of anilines is 1. The van der Waals surface area contributed by atoms with E-state index in [9.17, 15) is 18.4 Å². The Morgan fingerprint density at radius 1 is 1.21 bits per heavy atom. The van der Waals surface area contributed by atoms with Crippen molar-refractivity contribution in [3.05, 3.63) is 12.4 Å². The predicted octanol–water partition coefficient (Wildman–Crippen LogP) is 1.13. The lowest BCUT2D eigenvalue weighted by Gasteiger charge is -2.34. The van der Waals surface area contributed by atoms with Crippen molar-refractivity contribution in [2.75, 3.05) is 50.5 Å². The zero-order valence-electron chi connectivity index (χ0n) is 18.9. The topological polar surface area (TPSA) is 138 Å². The minimum atomic E-state index is -3.38. The van der Waals surface area contributed by atoms with Gasteiger partial charge in [0.1, 0.15) is 5.60 Å². The number of carbonyl (C=O) groups excluding carboxylic acids is 1. The number of sulfonamides is 1. The van der Waals surface area contributed by atoms with E-state index in [2.05, 4.69) is 15.1 Å². The maximum Gasteiger partial charge on any atom is 0.410 e. The second-order valence-electron chi connectivity index (χ2n) is 9.04. The second-order valence-corrected chi connectivity index (χ2v) is 11.0. The first kappa shape index (κ1) is 23.5. The standard InChI is InChI=1S/C20H30N6O6S/c1-20(5-6-20)32-19(27)24-7-3-15(4-8-24)14-31-18-12-21-16(11-22-18)26-10-9-25(33(2,29)30)13-17(26)23-28/h11-12,15,28H,3-10,13-14H2,1-2H3/b23-17-. The van der Waals surface area contributed by atoms with Crippen LogP contribution in [0.15, 0.2) is 17.5 Å². The van der Waals surface area contributed by atoms with Gasteiger partial charge >= 0.3 is 6.09 Å². The maximum absolute atomic E-state index is 12.2. The van der Waals surface area contributed by atoms with Crippen molar-refractivity contribution >= 4 is 27.8 Å². The van der Waals surface area contributed by atoms with Crippen LogP contribution in [0.5, 0.6) is 5.88 Å². The van der Waals surface area contributed by atoms with E-state index in [1.165, 1.54) is 16.7 Å². The highest BCUT2D eigenvalue weighted by atomic mass is 32.2. The molecule has 1 aromatic rings. The zero-order valence-corrected chi connectivity index (χ0v) is 19.7. The molecule has 13 heteroatoms. The third-order valence-corrected chi connectivity index (χ3v) is 7.56. The van der Waals surface area contributed by atoms with Gasteiger partial charge in [-0.25, -0.2) is 23.2 Å². The summed E-state index contributed by atoms with van der Waals surface area (Å²) in [4.78, 5) is 24.2. The third kappa shape index (κ3) is 5.82. The fourth-order valence-electron chi connectivity index (χ4n) is 3.84. The minimum absolute atomic E-state index is 0.0409. The number of aromatic nitrogens is 2. The van der Waals surface area contributed by atoms with Crippen LogP contribution in [-0.2, 0) is 14.8 Å². The van der Waals surface area contributed by atoms with E-state index in [0.717, 1.165) is 31.9 Å². The highest BCUT2D eigenvalue weighted by molar-refractivity contribution is 7.88. The summed E-state index contributed by atoms with van der Waals surface area (Å²) < 4.78 is 36.1. The maximum atomic E-state index is 12.2. The minimum Gasteiger partial charge on any atom is -0.476 e. The number of amidine groups is 1. The smallest absolute Gasteiger partial charge is 0.410 e. The van der Waals surface area contributed by atoms with Crippen molar-refractivity contribution < 1.29 is 27.9 Å². The number of likely N-dealkylation sites (tertiary alicyclic amines) is 1. The van der Waals surface area contributed by atoms with Gasteiger partial charge < -0.3 is 24.5 Å². The lowest BCUT2D eigenvalue weighted by molar-refractivity contribution is 0.0454. The molecule has 0 atom stereocenters. The van der Waals surface area contributed by atoms with Crippen LogP contribution in [0.4, 0.5) is 10.6 Å². The summed E-state index contributed by atoms with van der Waals surface area (Å²) in [6.45, 7) is 4.24. The highest BCUT2D eigenvalue weighted by Crippen LogP contribution is 2.39. The Bertz CT molecular complexity index is 989. The second kappa shape index (κ2) is 9.29. The Labute approximate surface area is 193 Å². The summed E-state index contributed by atoms with van der Waals surface area (Å²) >= 11 is 0. The van der Waals surface area contributed by atoms with E-state index in [1.54, 1.807) is 9.80 Å². The van der Waals surface area contributed by atoms with E-state index < -0.39 is 10.0 Å². The summed E-state index contributed by atoms with van der Waals surface area (Å²) in [5.74, 6) is 1.30. The molecule has 0 aromatic carbocycles. The summed E-state index contributed by atoms with van der Waals surface area (Å²) in [7, 11) is -3.38. The zero-order chi connectivity index (χ0) is 23.6. The fourth-order valence-corrected chi connectivity index (χ4v) is 4.60. The molecule has 2 aliphatic heterocycles. The van der Waals surface area contributed by atoms with E-state index in [-0.39, 0.29) is 30.6 Å². The SMILES string of the molecule is CC1(OC(=O)N2CCC(COc3cnc(N4CCN(S(C)(=O)=O)C/C4=N/O)cn3)CC2)CC1. The average Bonchev–Trinajstić information content (AvgIpc) is 3.53. The van der Waals surface area contributed by atoms with Crippen LogP contribution in [0.1, 0.15) is 32.6 Å². The average molecular weight is 483 g/mol. The van der Waals surface area contributed by atoms with E-state index in [1.807, 2.05) is 6.92 Å². The van der Waals surface area contributed by atoms with E-state index in [4.69, 9.17) is 9.47 Å². The molecule has 1 saturated carbocycles. The number of amides is 1. The molecular formula is C20H30N6O6S. The number of hydrogen-bond donors (Lipinski definition) is 1. The largest absolute Gasteiger partial charge is 0.476 e. The monoisotopic (exact) mass is 482 g/mol. The number of hydrogen-bond acceptors (Lipinski definition) is 9. The van der Waals surface area contributed by atoms with Crippen molar-refractivity contribution in [1.82, 2.24) is 19.2 Å². The van der Waals surface area contributed by atoms with Gasteiger partial charge in [-0.1, -0.05) is 5.16 Å². The van der Waals surface area contributed by atoms with Gasteiger partial charge in [-0.2, -0.15) is 4.31 Å². The molecule has 3 heterocycles. The van der Waals surface area contributed by atoms with Crippen LogP contribution in [0, 0.1) is 5.92 Å². The number of piperazine rings is 1. The van der Waals surface area contributed by atoms with E-state index in [0.29, 0.717) is 43.9 Å². The Kier molecular flexibility index (Phi) is 6.61. The number of oxime groups is 1. The Morgan fingerprint density at radius 3 is 2.52 bits per heavy atom. The van der Waals surface area contributed by atoms with Crippen LogP contribution in [0.25, 0.3) is 0 Å². The van der Waals surface area contributed by atoms with Crippen molar-refractivity contribution in [3.8, 4) is 5.88 Å². The first-order valence-corrected chi connectivity index (χ1v) is 12.9. The van der Waals surface area contributed by atoms with Gasteiger partial charge in [-0.3, -0.25) is 0 Å². The van der Waals surface area contributed by atoms with Crippen molar-refractivity contribution in [2.24, 2.45) is 11.1 Å². The molecule has 1 amide bonds. The molecule has 0 radical (unpaired) electrons. The lowest BCUT2D eigenvalue weighted by Crippen LogP contribution is -2.52. The number of rotatable bonds is 6. The van der Waals surface area contributed by atoms with Gasteiger partial charge in [0, 0.05) is 26.2 Å². The quantitative estimate of drug-likeness (QED) is 0.467. The number of nitrogens with zero attached hydrogens (tertiary/aromatic N) is 6. The summed E-state index contributed by atoms with van der Waals surface area (Å²) in [6.07, 6.45) is 7.44. The number of piperidine rings is 1. The fraction of sp³-hybridized carbons (Fsp3) is 0.700. The molecular weight excluding hydrogens is 452 g/mol. The van der Waals surface area contributed by atoms with Crippen LogP contribution < -0.4 is 9.64 Å². The molecule has 0 unspecified atom stereocenters. The molecule has 1 N–H and O–H groups in total. The Morgan fingerprint density at radius 2 is 1.94 bits per heavy atom. The molecule has 2 saturated heterocycles. The molecule has 0 bridgehead atoms. The molecule has 3 fully saturated rings. The highest BCUT2D eigenvalue weighted by Gasteiger charge is 2.43. The van der Waals surface area contributed by atoms with Crippen LogP contribution in [0.3, 0.4) is 0 Å². The van der Waals surface area contributed by atoms with Gasteiger partial charge in [0.25, 0.3) is 0 Å². The first-order valence-electron chi connectivity index (χ1n) is 11.0. The molecule has 1 aliphatic carbocycles. The van der Waals surface area contributed by atoms with Gasteiger partial charge in [-0.05, 0) is 38.5 Å². The molecule has 3 aliphatic rings. The number of carbonyl (C=O) groups is 1. The van der Waals surface area contributed by atoms with Gasteiger partial charge in [0.15, 0.2) is 11.7 Å².